The maximum atomic E-state index is 12.1. The maximum Gasteiger partial charge on any atom is 0.240 e. The zero-order valence-electron chi connectivity index (χ0n) is 16.7. The van der Waals surface area contributed by atoms with Crippen molar-refractivity contribution in [3.8, 4) is 0 Å². The van der Waals surface area contributed by atoms with Crippen molar-refractivity contribution in [3.63, 3.8) is 0 Å². The number of hydrogen-bond donors (Lipinski definition) is 2. The molecule has 2 N–H and O–H groups in total. The number of nitrogens with zero attached hydrogens (tertiary/aromatic N) is 1. The molecule has 2 amide bonds. The molecule has 144 valence electrons. The molecule has 5 heteroatoms. The van der Waals surface area contributed by atoms with Gasteiger partial charge in [0, 0.05) is 18.5 Å². The summed E-state index contributed by atoms with van der Waals surface area (Å²) in [6.07, 6.45) is 4.09. The van der Waals surface area contributed by atoms with Crippen molar-refractivity contribution in [1.29, 1.82) is 0 Å². The molecule has 1 aromatic carbocycles. The van der Waals surface area contributed by atoms with E-state index in [1.54, 1.807) is 0 Å². The fourth-order valence-electron chi connectivity index (χ4n) is 3.00. The van der Waals surface area contributed by atoms with Crippen LogP contribution in [0.3, 0.4) is 0 Å². The van der Waals surface area contributed by atoms with Crippen LogP contribution >= 0.6 is 0 Å². The van der Waals surface area contributed by atoms with Crippen LogP contribution in [0.15, 0.2) is 47.1 Å². The Hall–Kier alpha value is -2.69. The molecule has 1 aliphatic carbocycles. The van der Waals surface area contributed by atoms with Crippen LogP contribution in [0.25, 0.3) is 0 Å². The normalized spacial score (nSPS) is 18.0. The van der Waals surface area contributed by atoms with Gasteiger partial charge in [0.25, 0.3) is 0 Å². The highest BCUT2D eigenvalue weighted by Gasteiger charge is 2.19. The molecule has 0 bridgehead atoms. The molecule has 0 aliphatic heterocycles. The van der Waals surface area contributed by atoms with E-state index in [1.165, 1.54) is 0 Å². The Bertz CT molecular complexity index is 806. The minimum Gasteiger partial charge on any atom is -0.326 e. The van der Waals surface area contributed by atoms with E-state index in [9.17, 15) is 9.59 Å². The molecule has 27 heavy (non-hydrogen) atoms. The van der Waals surface area contributed by atoms with Crippen molar-refractivity contribution in [2.75, 3.05) is 5.32 Å². The number of rotatable bonds is 6. The number of hydrogen-bond acceptors (Lipinski definition) is 3. The van der Waals surface area contributed by atoms with E-state index in [-0.39, 0.29) is 24.7 Å². The smallest absolute Gasteiger partial charge is 0.240 e. The highest BCUT2D eigenvalue weighted by molar-refractivity contribution is 6.01. The lowest BCUT2D eigenvalue weighted by molar-refractivity contribution is -0.124. The van der Waals surface area contributed by atoms with Gasteiger partial charge in [0.1, 0.15) is 0 Å². The minimum atomic E-state index is -0.261. The standard InChI is InChI=1S/C22H29N3O2/c1-14(2)18-8-7-16(4)20(13-18)24-25-22(27)11-10-21(26)23-19-9-6-15(3)12-17(19)5/h6-7,9,12,18H,1,8,10-11,13H2,2-5H3,(H,23,26)(H,25,27). The first-order valence-corrected chi connectivity index (χ1v) is 9.31. The fraction of sp³-hybridized carbons (Fsp3) is 0.409. The summed E-state index contributed by atoms with van der Waals surface area (Å²) in [5.74, 6) is -0.0720. The van der Waals surface area contributed by atoms with Crippen molar-refractivity contribution in [2.45, 2.75) is 53.4 Å². The number of allylic oxidation sites excluding steroid dienone is 3. The molecule has 1 aromatic rings. The predicted molar refractivity (Wildman–Crippen MR) is 111 cm³/mol. The van der Waals surface area contributed by atoms with E-state index in [2.05, 4.69) is 28.5 Å². The average Bonchev–Trinajstić information content (AvgIpc) is 2.61. The molecule has 1 atom stereocenters. The summed E-state index contributed by atoms with van der Waals surface area (Å²) in [5, 5.41) is 7.11. The highest BCUT2D eigenvalue weighted by atomic mass is 16.2. The lowest BCUT2D eigenvalue weighted by atomic mass is 9.85. The number of benzene rings is 1. The molecule has 5 nitrogen and oxygen atoms in total. The molecule has 2 rings (SSSR count). The molecule has 0 aromatic heterocycles. The van der Waals surface area contributed by atoms with E-state index < -0.39 is 0 Å². The van der Waals surface area contributed by atoms with Gasteiger partial charge in [-0.05, 0) is 63.7 Å². The van der Waals surface area contributed by atoms with Crippen LogP contribution in [-0.4, -0.2) is 17.5 Å². The first kappa shape index (κ1) is 20.6. The molecule has 1 unspecified atom stereocenters. The highest BCUT2D eigenvalue weighted by Crippen LogP contribution is 2.26. The number of hydrazone groups is 1. The fourth-order valence-corrected chi connectivity index (χ4v) is 3.00. The number of carbonyl (C=O) groups excluding carboxylic acids is 2. The van der Waals surface area contributed by atoms with Crippen LogP contribution < -0.4 is 10.7 Å². The van der Waals surface area contributed by atoms with E-state index in [1.807, 2.05) is 45.9 Å². The van der Waals surface area contributed by atoms with Gasteiger partial charge in [-0.15, -0.1) is 0 Å². The predicted octanol–water partition coefficient (Wildman–Crippen LogP) is 4.43. The van der Waals surface area contributed by atoms with Crippen LogP contribution in [-0.2, 0) is 9.59 Å². The van der Waals surface area contributed by atoms with Gasteiger partial charge in [0.05, 0.1) is 5.71 Å². The topological polar surface area (TPSA) is 70.6 Å². The van der Waals surface area contributed by atoms with Gasteiger partial charge in [-0.3, -0.25) is 9.59 Å². The van der Waals surface area contributed by atoms with Crippen molar-refractivity contribution in [1.82, 2.24) is 5.43 Å². The van der Waals surface area contributed by atoms with E-state index in [0.717, 1.165) is 46.5 Å². The Morgan fingerprint density at radius 1 is 1.19 bits per heavy atom. The third-order valence-electron chi connectivity index (χ3n) is 4.85. The van der Waals surface area contributed by atoms with Crippen LogP contribution in [0.5, 0.6) is 0 Å². The Labute approximate surface area is 161 Å². The van der Waals surface area contributed by atoms with Crippen molar-refractivity contribution >= 4 is 23.2 Å². The summed E-state index contributed by atoms with van der Waals surface area (Å²) in [5.41, 5.74) is 8.59. The van der Waals surface area contributed by atoms with E-state index >= 15 is 0 Å². The lowest BCUT2D eigenvalue weighted by Gasteiger charge is -2.22. The number of aryl methyl sites for hydroxylation is 2. The second-order valence-electron chi connectivity index (χ2n) is 7.33. The zero-order chi connectivity index (χ0) is 20.0. The molecular formula is C22H29N3O2. The van der Waals surface area contributed by atoms with Crippen molar-refractivity contribution in [2.24, 2.45) is 11.0 Å². The largest absolute Gasteiger partial charge is 0.326 e. The number of amides is 2. The lowest BCUT2D eigenvalue weighted by Crippen LogP contribution is -2.24. The van der Waals surface area contributed by atoms with Gasteiger partial charge in [-0.25, -0.2) is 5.43 Å². The monoisotopic (exact) mass is 367 g/mol. The maximum absolute atomic E-state index is 12.1. The Balaban J connectivity index is 1.83. The number of anilines is 1. The van der Waals surface area contributed by atoms with Gasteiger partial charge >= 0.3 is 0 Å². The third kappa shape index (κ3) is 6.20. The van der Waals surface area contributed by atoms with Crippen LogP contribution in [0.2, 0.25) is 0 Å². The van der Waals surface area contributed by atoms with Crippen molar-refractivity contribution < 1.29 is 9.59 Å². The van der Waals surface area contributed by atoms with Crippen LogP contribution in [0.1, 0.15) is 50.7 Å². The second-order valence-corrected chi connectivity index (χ2v) is 7.33. The Kier molecular flexibility index (Phi) is 7.11. The van der Waals surface area contributed by atoms with Gasteiger partial charge in [-0.1, -0.05) is 35.9 Å². The summed E-state index contributed by atoms with van der Waals surface area (Å²) < 4.78 is 0. The summed E-state index contributed by atoms with van der Waals surface area (Å²) >= 11 is 0. The first-order chi connectivity index (χ1) is 12.8. The molecule has 0 fully saturated rings. The summed E-state index contributed by atoms with van der Waals surface area (Å²) in [4.78, 5) is 24.1. The SMILES string of the molecule is C=C(C)C1CC=C(C)C(=NNC(=O)CCC(=O)Nc2ccc(C)cc2C)C1. The van der Waals surface area contributed by atoms with E-state index in [0.29, 0.717) is 5.92 Å². The summed E-state index contributed by atoms with van der Waals surface area (Å²) in [6.45, 7) is 12.0. The second kappa shape index (κ2) is 9.31. The van der Waals surface area contributed by atoms with Gasteiger partial charge in [0.15, 0.2) is 0 Å². The van der Waals surface area contributed by atoms with Crippen LogP contribution in [0, 0.1) is 19.8 Å². The molecule has 0 saturated heterocycles. The molecular weight excluding hydrogens is 338 g/mol. The van der Waals surface area contributed by atoms with Gasteiger partial charge < -0.3 is 5.32 Å². The first-order valence-electron chi connectivity index (χ1n) is 9.31. The number of carbonyl (C=O) groups is 2. The van der Waals surface area contributed by atoms with Crippen LogP contribution in [0.4, 0.5) is 5.69 Å². The van der Waals surface area contributed by atoms with Crippen molar-refractivity contribution in [3.05, 3.63) is 53.1 Å². The van der Waals surface area contributed by atoms with Gasteiger partial charge in [0.2, 0.25) is 11.8 Å². The molecule has 1 aliphatic rings. The molecule has 0 radical (unpaired) electrons. The minimum absolute atomic E-state index is 0.0974. The quantitative estimate of drug-likeness (QED) is 0.577. The summed E-state index contributed by atoms with van der Waals surface area (Å²) in [7, 11) is 0. The zero-order valence-corrected chi connectivity index (χ0v) is 16.7. The molecule has 0 heterocycles. The Morgan fingerprint density at radius 3 is 2.56 bits per heavy atom. The number of nitrogens with one attached hydrogen (secondary N) is 2. The molecule has 0 spiro atoms. The Morgan fingerprint density at radius 2 is 1.89 bits per heavy atom. The van der Waals surface area contributed by atoms with Gasteiger partial charge in [-0.2, -0.15) is 5.10 Å². The summed E-state index contributed by atoms with van der Waals surface area (Å²) in [6, 6.07) is 5.84. The van der Waals surface area contributed by atoms with E-state index in [4.69, 9.17) is 0 Å². The third-order valence-corrected chi connectivity index (χ3v) is 4.85. The molecule has 0 saturated carbocycles. The average molecular weight is 367 g/mol.